The zero-order valence-electron chi connectivity index (χ0n) is 15.0. The van der Waals surface area contributed by atoms with Crippen molar-refractivity contribution >= 4 is 28.9 Å². The van der Waals surface area contributed by atoms with Crippen molar-refractivity contribution in [2.24, 2.45) is 0 Å². The van der Waals surface area contributed by atoms with Crippen molar-refractivity contribution in [3.05, 3.63) is 71.0 Å². The van der Waals surface area contributed by atoms with E-state index in [0.717, 1.165) is 11.5 Å². The summed E-state index contributed by atoms with van der Waals surface area (Å²) >= 11 is 6.18. The van der Waals surface area contributed by atoms with E-state index in [-0.39, 0.29) is 6.04 Å². The van der Waals surface area contributed by atoms with Crippen LogP contribution in [-0.4, -0.2) is 17.1 Å². The van der Waals surface area contributed by atoms with Crippen molar-refractivity contribution in [3.63, 3.8) is 0 Å². The van der Waals surface area contributed by atoms with Gasteiger partial charge in [-0.2, -0.15) is 0 Å². The highest BCUT2D eigenvalue weighted by Gasteiger charge is 2.09. The van der Waals surface area contributed by atoms with Gasteiger partial charge in [0.25, 0.3) is 0 Å². The number of rotatable bonds is 6. The maximum atomic E-state index is 6.18. The quantitative estimate of drug-likeness (QED) is 0.613. The van der Waals surface area contributed by atoms with E-state index >= 15 is 0 Å². The molecule has 0 radical (unpaired) electrons. The molecule has 2 N–H and O–H groups in total. The van der Waals surface area contributed by atoms with Crippen LogP contribution in [0.15, 0.2) is 54.6 Å². The Kier molecular flexibility index (Phi) is 5.58. The van der Waals surface area contributed by atoms with Gasteiger partial charge in [0, 0.05) is 17.8 Å². The average molecular weight is 369 g/mol. The Morgan fingerprint density at radius 3 is 2.42 bits per heavy atom. The van der Waals surface area contributed by atoms with Crippen molar-refractivity contribution in [1.29, 1.82) is 0 Å². The molecule has 1 aromatic heterocycles. The van der Waals surface area contributed by atoms with E-state index in [1.165, 1.54) is 5.56 Å². The number of nitrogens with one attached hydrogen (secondary N) is 2. The Hall–Kier alpha value is -2.79. The molecule has 0 aliphatic carbocycles. The number of aryl methyl sites for hydroxylation is 1. The van der Waals surface area contributed by atoms with E-state index in [0.29, 0.717) is 22.4 Å². The molecule has 0 spiro atoms. The van der Waals surface area contributed by atoms with Crippen LogP contribution in [0.3, 0.4) is 0 Å². The first-order valence-electron chi connectivity index (χ1n) is 8.33. The lowest BCUT2D eigenvalue weighted by Crippen LogP contribution is -2.09. The molecule has 0 fully saturated rings. The van der Waals surface area contributed by atoms with E-state index in [1.54, 1.807) is 13.2 Å². The summed E-state index contributed by atoms with van der Waals surface area (Å²) in [5.74, 6) is 2.77. The van der Waals surface area contributed by atoms with E-state index in [2.05, 4.69) is 39.7 Å². The number of hydrogen-bond acceptors (Lipinski definition) is 5. The van der Waals surface area contributed by atoms with Crippen LogP contribution in [0.1, 0.15) is 24.4 Å². The van der Waals surface area contributed by atoms with Crippen LogP contribution in [0.2, 0.25) is 5.02 Å². The Labute approximate surface area is 158 Å². The van der Waals surface area contributed by atoms with Gasteiger partial charge in [0.2, 0.25) is 0 Å². The summed E-state index contributed by atoms with van der Waals surface area (Å²) in [5.41, 5.74) is 2.02. The van der Waals surface area contributed by atoms with E-state index in [9.17, 15) is 0 Å². The molecule has 1 unspecified atom stereocenters. The van der Waals surface area contributed by atoms with Crippen LogP contribution in [0.25, 0.3) is 0 Å². The fourth-order valence-corrected chi connectivity index (χ4v) is 2.90. The van der Waals surface area contributed by atoms with Crippen molar-refractivity contribution in [3.8, 4) is 5.75 Å². The first kappa shape index (κ1) is 18.0. The smallest absolute Gasteiger partial charge is 0.137 e. The molecule has 6 heteroatoms. The number of halogens is 1. The van der Waals surface area contributed by atoms with Crippen molar-refractivity contribution in [1.82, 2.24) is 9.97 Å². The molecule has 1 atom stereocenters. The largest absolute Gasteiger partial charge is 0.495 e. The third-order valence-electron chi connectivity index (χ3n) is 3.93. The topological polar surface area (TPSA) is 59.1 Å². The Balaban J connectivity index is 1.78. The molecule has 2 aromatic carbocycles. The summed E-state index contributed by atoms with van der Waals surface area (Å²) in [5, 5.41) is 7.22. The summed E-state index contributed by atoms with van der Waals surface area (Å²) in [6.45, 7) is 3.97. The molecule has 5 nitrogen and oxygen atoms in total. The predicted octanol–water partition coefficient (Wildman–Crippen LogP) is 5.36. The minimum Gasteiger partial charge on any atom is -0.495 e. The van der Waals surface area contributed by atoms with Crippen LogP contribution >= 0.6 is 11.6 Å². The average Bonchev–Trinajstić information content (AvgIpc) is 2.62. The molecule has 0 aliphatic rings. The minimum atomic E-state index is 0.133. The molecule has 3 rings (SSSR count). The first-order valence-corrected chi connectivity index (χ1v) is 8.70. The number of nitrogens with zero attached hydrogens (tertiary/aromatic N) is 2. The monoisotopic (exact) mass is 368 g/mol. The van der Waals surface area contributed by atoms with Crippen molar-refractivity contribution in [2.45, 2.75) is 19.9 Å². The molecule has 26 heavy (non-hydrogen) atoms. The van der Waals surface area contributed by atoms with E-state index in [1.807, 2.05) is 43.3 Å². The summed E-state index contributed by atoms with van der Waals surface area (Å²) in [4.78, 5) is 8.92. The molecular weight excluding hydrogens is 348 g/mol. The second-order valence-corrected chi connectivity index (χ2v) is 6.34. The summed E-state index contributed by atoms with van der Waals surface area (Å²) < 4.78 is 5.18. The van der Waals surface area contributed by atoms with Crippen LogP contribution in [0, 0.1) is 6.92 Å². The number of methoxy groups -OCH3 is 1. The molecule has 134 valence electrons. The molecule has 3 aromatic rings. The summed E-state index contributed by atoms with van der Waals surface area (Å²) in [6.07, 6.45) is 0. The Morgan fingerprint density at radius 2 is 1.73 bits per heavy atom. The Bertz CT molecular complexity index is 886. The molecular formula is C20H21ClN4O. The van der Waals surface area contributed by atoms with Crippen molar-refractivity contribution in [2.75, 3.05) is 17.7 Å². The van der Waals surface area contributed by atoms with Crippen LogP contribution in [0.4, 0.5) is 17.3 Å². The zero-order chi connectivity index (χ0) is 18.5. The highest BCUT2D eigenvalue weighted by Crippen LogP contribution is 2.29. The van der Waals surface area contributed by atoms with Gasteiger partial charge in [-0.15, -0.1) is 0 Å². The normalized spacial score (nSPS) is 11.7. The lowest BCUT2D eigenvalue weighted by molar-refractivity contribution is 0.415. The molecule has 0 amide bonds. The van der Waals surface area contributed by atoms with Crippen molar-refractivity contribution < 1.29 is 4.74 Å². The second-order valence-electron chi connectivity index (χ2n) is 5.94. The van der Waals surface area contributed by atoms with Crippen LogP contribution < -0.4 is 15.4 Å². The summed E-state index contributed by atoms with van der Waals surface area (Å²) in [6, 6.07) is 17.8. The maximum absolute atomic E-state index is 6.18. The lowest BCUT2D eigenvalue weighted by atomic mass is 10.1. The van der Waals surface area contributed by atoms with Gasteiger partial charge < -0.3 is 15.4 Å². The zero-order valence-corrected chi connectivity index (χ0v) is 15.7. The van der Waals surface area contributed by atoms with Gasteiger partial charge in [-0.3, -0.25) is 0 Å². The van der Waals surface area contributed by atoms with E-state index < -0.39 is 0 Å². The number of ether oxygens (including phenoxy) is 1. The fraction of sp³-hybridized carbons (Fsp3) is 0.200. The standard InChI is InChI=1S/C20H21ClN4O/c1-13(15-7-5-4-6-8-15)22-19-12-20(24-14(2)23-19)25-16-9-10-18(26-3)17(21)11-16/h4-13H,1-3H3,(H2,22,23,24,25). The third-order valence-corrected chi connectivity index (χ3v) is 4.22. The second kappa shape index (κ2) is 8.06. The number of aromatic nitrogens is 2. The molecule has 1 heterocycles. The SMILES string of the molecule is COc1ccc(Nc2cc(NC(C)c3ccccc3)nc(C)n2)cc1Cl. The van der Waals surface area contributed by atoms with E-state index in [4.69, 9.17) is 16.3 Å². The van der Waals surface area contributed by atoms with Gasteiger partial charge in [0.1, 0.15) is 23.2 Å². The minimum absolute atomic E-state index is 0.133. The fourth-order valence-electron chi connectivity index (χ4n) is 2.64. The highest BCUT2D eigenvalue weighted by molar-refractivity contribution is 6.32. The van der Waals surface area contributed by atoms with Crippen LogP contribution in [-0.2, 0) is 0 Å². The van der Waals surface area contributed by atoms with Gasteiger partial charge in [-0.1, -0.05) is 41.9 Å². The molecule has 0 bridgehead atoms. The third kappa shape index (κ3) is 4.43. The van der Waals surface area contributed by atoms with Crippen LogP contribution in [0.5, 0.6) is 5.75 Å². The first-order chi connectivity index (χ1) is 12.5. The van der Waals surface area contributed by atoms with Gasteiger partial charge in [-0.25, -0.2) is 9.97 Å². The summed E-state index contributed by atoms with van der Waals surface area (Å²) in [7, 11) is 1.59. The van der Waals surface area contributed by atoms with Gasteiger partial charge in [0.15, 0.2) is 0 Å². The predicted molar refractivity (Wildman–Crippen MR) is 107 cm³/mol. The maximum Gasteiger partial charge on any atom is 0.137 e. The number of benzene rings is 2. The highest BCUT2D eigenvalue weighted by atomic mass is 35.5. The van der Waals surface area contributed by atoms with Gasteiger partial charge >= 0.3 is 0 Å². The Morgan fingerprint density at radius 1 is 1.00 bits per heavy atom. The molecule has 0 saturated heterocycles. The number of anilines is 3. The van der Waals surface area contributed by atoms with Gasteiger partial charge in [0.05, 0.1) is 12.1 Å². The number of hydrogen-bond donors (Lipinski definition) is 2. The lowest BCUT2D eigenvalue weighted by Gasteiger charge is -2.16. The van der Waals surface area contributed by atoms with Gasteiger partial charge in [-0.05, 0) is 37.6 Å². The molecule has 0 aliphatic heterocycles. The molecule has 0 saturated carbocycles.